The molecule has 2 aromatic rings. The molecule has 1 heterocycles. The van der Waals surface area contributed by atoms with E-state index in [1.54, 1.807) is 30.3 Å². The van der Waals surface area contributed by atoms with Gasteiger partial charge in [0.25, 0.3) is 0 Å². The molecule has 0 spiro atoms. The molecule has 1 N–H and O–H groups in total. The predicted octanol–water partition coefficient (Wildman–Crippen LogP) is 4.07. The summed E-state index contributed by atoms with van der Waals surface area (Å²) in [5.41, 5.74) is 1.12. The van der Waals surface area contributed by atoms with E-state index in [1.807, 2.05) is 0 Å². The zero-order valence-corrected chi connectivity index (χ0v) is 16.2. The fourth-order valence-electron chi connectivity index (χ4n) is 2.78. The largest absolute Gasteiger partial charge is 0.378 e. The highest BCUT2D eigenvalue weighted by Crippen LogP contribution is 2.25. The summed E-state index contributed by atoms with van der Waals surface area (Å²) >= 11 is 11.8. The molecule has 0 aromatic heterocycles. The van der Waals surface area contributed by atoms with Crippen LogP contribution in [0.25, 0.3) is 0 Å². The van der Waals surface area contributed by atoms with Crippen molar-refractivity contribution in [3.63, 3.8) is 0 Å². The summed E-state index contributed by atoms with van der Waals surface area (Å²) < 4.78 is 26.5. The van der Waals surface area contributed by atoms with E-state index in [0.717, 1.165) is 12.8 Å². The maximum absolute atomic E-state index is 12.5. The minimum Gasteiger partial charge on any atom is -0.378 e. The van der Waals surface area contributed by atoms with Gasteiger partial charge in [-0.25, -0.2) is 8.42 Å². The highest BCUT2D eigenvalue weighted by molar-refractivity contribution is 7.89. The molecule has 5 nitrogen and oxygen atoms in total. The van der Waals surface area contributed by atoms with Crippen molar-refractivity contribution in [3.8, 4) is 0 Å². The number of anilines is 1. The van der Waals surface area contributed by atoms with E-state index in [0.29, 0.717) is 34.4 Å². The van der Waals surface area contributed by atoms with Crippen molar-refractivity contribution in [2.45, 2.75) is 17.7 Å². The Balaban J connectivity index is 1.66. The van der Waals surface area contributed by atoms with Gasteiger partial charge >= 0.3 is 0 Å². The van der Waals surface area contributed by atoms with Crippen molar-refractivity contribution >= 4 is 44.7 Å². The first-order valence-corrected chi connectivity index (χ1v) is 10.4. The molecule has 2 aromatic carbocycles. The van der Waals surface area contributed by atoms with Crippen LogP contribution in [0.5, 0.6) is 0 Å². The number of nitrogens with zero attached hydrogens (tertiary/aromatic N) is 1. The van der Waals surface area contributed by atoms with Gasteiger partial charge in [-0.3, -0.25) is 4.79 Å². The molecule has 0 aliphatic carbocycles. The smallest absolute Gasteiger partial charge is 0.243 e. The summed E-state index contributed by atoms with van der Waals surface area (Å²) in [6.45, 7) is 1.17. The highest BCUT2D eigenvalue weighted by Gasteiger charge is 2.27. The number of carbonyl (C=O) groups excluding carboxylic acids is 1. The molecule has 0 radical (unpaired) electrons. The van der Waals surface area contributed by atoms with E-state index in [1.165, 1.54) is 16.4 Å². The number of halogens is 2. The third kappa shape index (κ3) is 4.20. The summed E-state index contributed by atoms with van der Waals surface area (Å²) in [4.78, 5) is 12.5. The first-order valence-electron chi connectivity index (χ1n) is 8.20. The molecule has 1 aliphatic rings. The predicted molar refractivity (Wildman–Crippen MR) is 104 cm³/mol. The van der Waals surface area contributed by atoms with E-state index in [-0.39, 0.29) is 17.2 Å². The fraction of sp³-hybridized carbons (Fsp3) is 0.278. The van der Waals surface area contributed by atoms with Gasteiger partial charge < -0.3 is 5.32 Å². The number of ketones is 1. The Bertz CT molecular complexity index is 909. The molecule has 1 fully saturated rings. The van der Waals surface area contributed by atoms with Crippen molar-refractivity contribution in [3.05, 3.63) is 58.1 Å². The maximum Gasteiger partial charge on any atom is 0.243 e. The average Bonchev–Trinajstić information content (AvgIpc) is 3.18. The Morgan fingerprint density at radius 1 is 1.00 bits per heavy atom. The second-order valence-electron chi connectivity index (χ2n) is 6.04. The van der Waals surface area contributed by atoms with Crippen molar-refractivity contribution in [2.24, 2.45) is 0 Å². The Morgan fingerprint density at radius 3 is 2.27 bits per heavy atom. The standard InChI is InChI=1S/C18H18Cl2N2O3S/c19-16-8-5-14(11-17(16)20)21-12-18(23)13-3-6-15(7-4-13)26(24,25)22-9-1-2-10-22/h3-8,11,21H,1-2,9-10,12H2. The molecule has 0 saturated carbocycles. The van der Waals surface area contributed by atoms with Crippen molar-refractivity contribution < 1.29 is 13.2 Å². The minimum absolute atomic E-state index is 0.0657. The van der Waals surface area contributed by atoms with E-state index in [2.05, 4.69) is 5.32 Å². The van der Waals surface area contributed by atoms with Gasteiger partial charge in [-0.15, -0.1) is 0 Å². The van der Waals surface area contributed by atoms with Crippen LogP contribution < -0.4 is 5.32 Å². The summed E-state index contributed by atoms with van der Waals surface area (Å²) in [6.07, 6.45) is 1.77. The number of Topliss-reactive ketones (excluding diaryl/α,β-unsaturated/α-hetero) is 1. The summed E-state index contributed by atoms with van der Waals surface area (Å²) in [6, 6.07) is 11.1. The SMILES string of the molecule is O=C(CNc1ccc(Cl)c(Cl)c1)c1ccc(S(=O)(=O)N2CCCC2)cc1. The molecular formula is C18H18Cl2N2O3S. The molecule has 8 heteroatoms. The first kappa shape index (κ1) is 19.2. The molecule has 1 saturated heterocycles. The van der Waals surface area contributed by atoms with Gasteiger partial charge in [0.2, 0.25) is 10.0 Å². The number of nitrogens with one attached hydrogen (secondary N) is 1. The lowest BCUT2D eigenvalue weighted by Crippen LogP contribution is -2.27. The molecule has 0 unspecified atom stereocenters. The number of sulfonamides is 1. The van der Waals surface area contributed by atoms with Crippen molar-refractivity contribution in [1.29, 1.82) is 0 Å². The van der Waals surface area contributed by atoms with Crippen LogP contribution in [0.2, 0.25) is 10.0 Å². The molecule has 0 atom stereocenters. The van der Waals surface area contributed by atoms with E-state index in [9.17, 15) is 13.2 Å². The molecule has 26 heavy (non-hydrogen) atoms. The van der Waals surface area contributed by atoms with Crippen molar-refractivity contribution in [2.75, 3.05) is 25.0 Å². The first-order chi connectivity index (χ1) is 12.4. The number of rotatable bonds is 6. The lowest BCUT2D eigenvalue weighted by molar-refractivity contribution is 0.101. The number of hydrogen-bond acceptors (Lipinski definition) is 4. The summed E-state index contributed by atoms with van der Waals surface area (Å²) in [7, 11) is -3.47. The Hall–Kier alpha value is -1.60. The van der Waals surface area contributed by atoms with E-state index in [4.69, 9.17) is 23.2 Å². The van der Waals surface area contributed by atoms with Gasteiger partial charge in [0.05, 0.1) is 21.5 Å². The Labute approximate surface area is 163 Å². The lowest BCUT2D eigenvalue weighted by atomic mass is 10.1. The van der Waals surface area contributed by atoms with Gasteiger partial charge in [0.15, 0.2) is 5.78 Å². The Morgan fingerprint density at radius 2 is 1.65 bits per heavy atom. The van der Waals surface area contributed by atoms with Crippen LogP contribution in [0, 0.1) is 0 Å². The van der Waals surface area contributed by atoms with Gasteiger partial charge in [0, 0.05) is 24.3 Å². The minimum atomic E-state index is -3.47. The zero-order valence-electron chi connectivity index (χ0n) is 13.9. The molecular weight excluding hydrogens is 395 g/mol. The maximum atomic E-state index is 12.5. The van der Waals surface area contributed by atoms with Gasteiger partial charge in [-0.2, -0.15) is 4.31 Å². The molecule has 3 rings (SSSR count). The average molecular weight is 413 g/mol. The normalized spacial score (nSPS) is 15.2. The van der Waals surface area contributed by atoms with Gasteiger partial charge in [0.1, 0.15) is 0 Å². The lowest BCUT2D eigenvalue weighted by Gasteiger charge is -2.15. The van der Waals surface area contributed by atoms with Crippen molar-refractivity contribution in [1.82, 2.24) is 4.31 Å². The van der Waals surface area contributed by atoms with Crippen LogP contribution in [0.4, 0.5) is 5.69 Å². The number of benzene rings is 2. The summed E-state index contributed by atoms with van der Waals surface area (Å²) in [5.74, 6) is -0.152. The highest BCUT2D eigenvalue weighted by atomic mass is 35.5. The number of carbonyl (C=O) groups is 1. The second-order valence-corrected chi connectivity index (χ2v) is 8.79. The quantitative estimate of drug-likeness (QED) is 0.725. The van der Waals surface area contributed by atoms with Crippen LogP contribution in [0.3, 0.4) is 0 Å². The Kier molecular flexibility index (Phi) is 5.87. The third-order valence-electron chi connectivity index (χ3n) is 4.25. The van der Waals surface area contributed by atoms with Crippen LogP contribution in [-0.2, 0) is 10.0 Å². The topological polar surface area (TPSA) is 66.5 Å². The van der Waals surface area contributed by atoms with E-state index >= 15 is 0 Å². The number of hydrogen-bond donors (Lipinski definition) is 1. The fourth-order valence-corrected chi connectivity index (χ4v) is 4.60. The second kappa shape index (κ2) is 7.96. The molecule has 1 aliphatic heterocycles. The molecule has 138 valence electrons. The van der Waals surface area contributed by atoms with Gasteiger partial charge in [-0.05, 0) is 55.3 Å². The van der Waals surface area contributed by atoms with Crippen LogP contribution in [-0.4, -0.2) is 38.1 Å². The third-order valence-corrected chi connectivity index (χ3v) is 6.90. The monoisotopic (exact) mass is 412 g/mol. The van der Waals surface area contributed by atoms with Crippen LogP contribution >= 0.6 is 23.2 Å². The van der Waals surface area contributed by atoms with Crippen LogP contribution in [0.1, 0.15) is 23.2 Å². The summed E-state index contributed by atoms with van der Waals surface area (Å²) in [5, 5.41) is 3.83. The van der Waals surface area contributed by atoms with Crippen LogP contribution in [0.15, 0.2) is 47.4 Å². The molecule has 0 bridgehead atoms. The van der Waals surface area contributed by atoms with E-state index < -0.39 is 10.0 Å². The molecule has 0 amide bonds. The zero-order chi connectivity index (χ0) is 18.7. The van der Waals surface area contributed by atoms with Gasteiger partial charge in [-0.1, -0.05) is 23.2 Å².